The first-order chi connectivity index (χ1) is 13.0. The van der Waals surface area contributed by atoms with Gasteiger partial charge < -0.3 is 25.1 Å². The number of rotatable bonds is 7. The lowest BCUT2D eigenvalue weighted by Crippen LogP contribution is -2.14. The quantitative estimate of drug-likeness (QED) is 0.653. The van der Waals surface area contributed by atoms with Crippen molar-refractivity contribution in [3.05, 3.63) is 48.3 Å². The summed E-state index contributed by atoms with van der Waals surface area (Å²) in [5.74, 6) is 1.06. The van der Waals surface area contributed by atoms with Crippen LogP contribution in [0.15, 0.2) is 42.7 Å². The fourth-order valence-corrected chi connectivity index (χ4v) is 2.64. The number of aromatic nitrogens is 2. The van der Waals surface area contributed by atoms with Gasteiger partial charge in [0.1, 0.15) is 12.1 Å². The second kappa shape index (κ2) is 7.88. The average Bonchev–Trinajstić information content (AvgIpc) is 2.67. The van der Waals surface area contributed by atoms with Crippen molar-refractivity contribution in [3.63, 3.8) is 0 Å². The van der Waals surface area contributed by atoms with E-state index in [0.29, 0.717) is 39.6 Å². The molecular weight excluding hydrogens is 350 g/mol. The maximum Gasteiger partial charge on any atom is 0.305 e. The minimum absolute atomic E-state index is 0.140. The lowest BCUT2D eigenvalue weighted by molar-refractivity contribution is -0.137. The van der Waals surface area contributed by atoms with Crippen LogP contribution in [0.3, 0.4) is 0 Å². The maximum atomic E-state index is 10.8. The summed E-state index contributed by atoms with van der Waals surface area (Å²) in [6.07, 6.45) is 1.26. The van der Waals surface area contributed by atoms with E-state index in [0.717, 1.165) is 0 Å². The highest BCUT2D eigenvalue weighted by Crippen LogP contribution is 2.35. The number of carboxylic acid groups (broad SMARTS) is 1. The van der Waals surface area contributed by atoms with Crippen molar-refractivity contribution in [2.75, 3.05) is 14.2 Å². The predicted octanol–water partition coefficient (Wildman–Crippen LogP) is 2.91. The Balaban J connectivity index is 1.89. The Morgan fingerprint density at radius 2 is 1.78 bits per heavy atom. The SMILES string of the molecule is COc1cc2ncnc(Oc3ccc([C@H](N)CC(=O)O)cc3)c2cc1OC. The molecule has 27 heavy (non-hydrogen) atoms. The fourth-order valence-electron chi connectivity index (χ4n) is 2.64. The molecule has 0 aliphatic heterocycles. The number of benzene rings is 2. The van der Waals surface area contributed by atoms with Crippen molar-refractivity contribution < 1.29 is 24.1 Å². The van der Waals surface area contributed by atoms with Gasteiger partial charge in [0, 0.05) is 12.1 Å². The summed E-state index contributed by atoms with van der Waals surface area (Å²) in [7, 11) is 3.10. The first kappa shape index (κ1) is 18.4. The number of carboxylic acids is 1. The summed E-state index contributed by atoms with van der Waals surface area (Å²) < 4.78 is 16.5. The number of nitrogens with two attached hydrogens (primary N) is 1. The summed E-state index contributed by atoms with van der Waals surface area (Å²) in [6.45, 7) is 0. The van der Waals surface area contributed by atoms with E-state index in [9.17, 15) is 4.79 Å². The molecule has 0 amide bonds. The minimum atomic E-state index is -0.945. The van der Waals surface area contributed by atoms with Crippen molar-refractivity contribution in [2.24, 2.45) is 5.73 Å². The van der Waals surface area contributed by atoms with E-state index in [4.69, 9.17) is 25.1 Å². The highest BCUT2D eigenvalue weighted by molar-refractivity contribution is 5.87. The van der Waals surface area contributed by atoms with E-state index in [-0.39, 0.29) is 6.42 Å². The molecule has 0 saturated heterocycles. The van der Waals surface area contributed by atoms with Crippen LogP contribution in [-0.4, -0.2) is 35.3 Å². The lowest BCUT2D eigenvalue weighted by Gasteiger charge is -2.12. The molecule has 1 heterocycles. The van der Waals surface area contributed by atoms with Crippen LogP contribution in [0.4, 0.5) is 0 Å². The van der Waals surface area contributed by atoms with Gasteiger partial charge in [-0.15, -0.1) is 0 Å². The minimum Gasteiger partial charge on any atom is -0.493 e. The van der Waals surface area contributed by atoms with Crippen LogP contribution < -0.4 is 19.9 Å². The van der Waals surface area contributed by atoms with Gasteiger partial charge in [0.25, 0.3) is 0 Å². The lowest BCUT2D eigenvalue weighted by atomic mass is 10.0. The molecule has 1 atom stereocenters. The Bertz CT molecular complexity index is 959. The van der Waals surface area contributed by atoms with Crippen LogP contribution in [0.2, 0.25) is 0 Å². The molecule has 3 N–H and O–H groups in total. The first-order valence-corrected chi connectivity index (χ1v) is 8.13. The number of hydrogen-bond acceptors (Lipinski definition) is 7. The second-order valence-corrected chi connectivity index (χ2v) is 5.78. The number of methoxy groups -OCH3 is 2. The molecular formula is C19H19N3O5. The number of ether oxygens (including phenoxy) is 3. The molecule has 0 bridgehead atoms. The second-order valence-electron chi connectivity index (χ2n) is 5.78. The van der Waals surface area contributed by atoms with Crippen molar-refractivity contribution >= 4 is 16.9 Å². The van der Waals surface area contributed by atoms with E-state index in [2.05, 4.69) is 9.97 Å². The van der Waals surface area contributed by atoms with E-state index in [1.807, 2.05) is 0 Å². The number of fused-ring (bicyclic) bond motifs is 1. The highest BCUT2D eigenvalue weighted by Gasteiger charge is 2.14. The average molecular weight is 369 g/mol. The predicted molar refractivity (Wildman–Crippen MR) is 98.3 cm³/mol. The molecule has 3 rings (SSSR count). The fraction of sp³-hybridized carbons (Fsp3) is 0.211. The van der Waals surface area contributed by atoms with Gasteiger partial charge in [-0.25, -0.2) is 9.97 Å². The topological polar surface area (TPSA) is 117 Å². The Morgan fingerprint density at radius 1 is 1.11 bits per heavy atom. The summed E-state index contributed by atoms with van der Waals surface area (Å²) >= 11 is 0. The van der Waals surface area contributed by atoms with Crippen LogP contribution >= 0.6 is 0 Å². The number of hydrogen-bond donors (Lipinski definition) is 2. The van der Waals surface area contributed by atoms with Crippen LogP contribution in [-0.2, 0) is 4.79 Å². The van der Waals surface area contributed by atoms with Crippen molar-refractivity contribution in [2.45, 2.75) is 12.5 Å². The summed E-state index contributed by atoms with van der Waals surface area (Å²) in [5, 5.41) is 9.51. The van der Waals surface area contributed by atoms with Crippen molar-refractivity contribution in [1.29, 1.82) is 0 Å². The number of nitrogens with zero attached hydrogens (tertiary/aromatic N) is 2. The van der Waals surface area contributed by atoms with Gasteiger partial charge in [-0.2, -0.15) is 0 Å². The normalized spacial score (nSPS) is 11.8. The Morgan fingerprint density at radius 3 is 2.41 bits per heavy atom. The molecule has 0 fully saturated rings. The summed E-state index contributed by atoms with van der Waals surface area (Å²) in [4.78, 5) is 19.2. The highest BCUT2D eigenvalue weighted by atomic mass is 16.5. The molecule has 8 nitrogen and oxygen atoms in total. The van der Waals surface area contributed by atoms with Gasteiger partial charge >= 0.3 is 5.97 Å². The van der Waals surface area contributed by atoms with Crippen LogP contribution in [0, 0.1) is 0 Å². The molecule has 0 saturated carbocycles. The summed E-state index contributed by atoms with van der Waals surface area (Å²) in [5.41, 5.74) is 7.23. The zero-order valence-corrected chi connectivity index (χ0v) is 14.9. The van der Waals surface area contributed by atoms with Gasteiger partial charge in [-0.1, -0.05) is 12.1 Å². The first-order valence-electron chi connectivity index (χ1n) is 8.13. The smallest absolute Gasteiger partial charge is 0.305 e. The van der Waals surface area contributed by atoms with Crippen molar-refractivity contribution in [1.82, 2.24) is 9.97 Å². The molecule has 3 aromatic rings. The van der Waals surface area contributed by atoms with Gasteiger partial charge in [-0.05, 0) is 23.8 Å². The number of aliphatic carboxylic acids is 1. The zero-order chi connectivity index (χ0) is 19.4. The third-order valence-electron chi connectivity index (χ3n) is 4.02. The molecule has 140 valence electrons. The maximum absolute atomic E-state index is 10.8. The summed E-state index contributed by atoms with van der Waals surface area (Å²) in [6, 6.07) is 9.81. The molecule has 0 radical (unpaired) electrons. The third kappa shape index (κ3) is 4.06. The van der Waals surface area contributed by atoms with Gasteiger partial charge in [-0.3, -0.25) is 4.79 Å². The van der Waals surface area contributed by atoms with E-state index in [1.165, 1.54) is 6.33 Å². The molecule has 2 aromatic carbocycles. The Hall–Kier alpha value is -3.39. The monoisotopic (exact) mass is 369 g/mol. The van der Waals surface area contributed by atoms with Crippen LogP contribution in [0.5, 0.6) is 23.1 Å². The van der Waals surface area contributed by atoms with Crippen LogP contribution in [0.1, 0.15) is 18.0 Å². The van der Waals surface area contributed by atoms with E-state index >= 15 is 0 Å². The van der Waals surface area contributed by atoms with E-state index in [1.54, 1.807) is 50.6 Å². The number of carbonyl (C=O) groups is 1. The van der Waals surface area contributed by atoms with Gasteiger partial charge in [0.05, 0.1) is 31.5 Å². The molecule has 1 aromatic heterocycles. The Labute approximate surface area is 155 Å². The largest absolute Gasteiger partial charge is 0.493 e. The zero-order valence-electron chi connectivity index (χ0n) is 14.9. The van der Waals surface area contributed by atoms with Crippen LogP contribution in [0.25, 0.3) is 10.9 Å². The van der Waals surface area contributed by atoms with Gasteiger partial charge in [0.2, 0.25) is 5.88 Å². The van der Waals surface area contributed by atoms with Gasteiger partial charge in [0.15, 0.2) is 11.5 Å². The van der Waals surface area contributed by atoms with E-state index < -0.39 is 12.0 Å². The molecule has 0 spiro atoms. The third-order valence-corrected chi connectivity index (χ3v) is 4.02. The molecule has 8 heteroatoms. The van der Waals surface area contributed by atoms with Crippen molar-refractivity contribution in [3.8, 4) is 23.1 Å². The standard InChI is InChI=1S/C19H19N3O5/c1-25-16-7-13-15(9-17(16)26-2)21-10-22-19(13)27-12-5-3-11(4-6-12)14(20)8-18(23)24/h3-7,9-10,14H,8,20H2,1-2H3,(H,23,24)/t14-/m1/s1. The molecule has 0 aliphatic rings. The molecule has 0 aliphatic carbocycles. The molecule has 0 unspecified atom stereocenters. The Kier molecular flexibility index (Phi) is 5.37.